The number of rotatable bonds is 3. The molecule has 0 aromatic carbocycles. The Kier molecular flexibility index (Phi) is 4.13. The average Bonchev–Trinajstić information content (AvgIpc) is 1.61. The van der Waals surface area contributed by atoms with Crippen molar-refractivity contribution in [3.05, 3.63) is 0 Å². The summed E-state index contributed by atoms with van der Waals surface area (Å²) in [5.41, 5.74) is 5.44. The van der Waals surface area contributed by atoms with E-state index in [9.17, 15) is 0 Å². The second kappa shape index (κ2) is 4.06. The van der Waals surface area contributed by atoms with Crippen molar-refractivity contribution >= 4 is 9.04 Å². The van der Waals surface area contributed by atoms with E-state index in [1.54, 1.807) is 0 Å². The minimum absolute atomic E-state index is 0.199. The number of nitrogens with two attached hydrogens (primary N) is 1. The summed E-state index contributed by atoms with van der Waals surface area (Å²) in [5.74, 6) is 0. The lowest BCUT2D eigenvalue weighted by Crippen LogP contribution is -2.25. The molecule has 0 saturated carbocycles. The summed E-state index contributed by atoms with van der Waals surface area (Å²) in [6, 6.07) is 0.199. The van der Waals surface area contributed by atoms with Gasteiger partial charge in [0.25, 0.3) is 0 Å². The standard InChI is InChI=1S/C5H15NOSi/c1-5(6)4-7-8(2)3/h5,8H,4,6H2,1-3H3. The normalized spacial score (nSPS) is 14.6. The van der Waals surface area contributed by atoms with Crippen LogP contribution in [0.5, 0.6) is 0 Å². The zero-order valence-electron chi connectivity index (χ0n) is 5.85. The van der Waals surface area contributed by atoms with Gasteiger partial charge in [0.2, 0.25) is 0 Å². The van der Waals surface area contributed by atoms with Crippen molar-refractivity contribution in [1.82, 2.24) is 0 Å². The van der Waals surface area contributed by atoms with Gasteiger partial charge in [-0.1, -0.05) is 0 Å². The zero-order valence-corrected chi connectivity index (χ0v) is 7.00. The molecule has 0 amide bonds. The molecule has 1 atom stereocenters. The van der Waals surface area contributed by atoms with E-state index < -0.39 is 9.04 Å². The Bertz CT molecular complexity index is 48.4. The SMILES string of the molecule is CC(N)CO[SiH](C)C. The molecule has 0 aliphatic heterocycles. The van der Waals surface area contributed by atoms with Gasteiger partial charge in [-0.25, -0.2) is 0 Å². The molecule has 3 heteroatoms. The highest BCUT2D eigenvalue weighted by Crippen LogP contribution is 1.84. The lowest BCUT2D eigenvalue weighted by Gasteiger charge is -2.08. The van der Waals surface area contributed by atoms with Crippen LogP contribution in [0, 0.1) is 0 Å². The quantitative estimate of drug-likeness (QED) is 0.563. The van der Waals surface area contributed by atoms with Crippen molar-refractivity contribution in [1.29, 1.82) is 0 Å². The van der Waals surface area contributed by atoms with Gasteiger partial charge in [-0.05, 0) is 20.0 Å². The first-order chi connectivity index (χ1) is 3.63. The molecule has 0 aliphatic rings. The van der Waals surface area contributed by atoms with Gasteiger partial charge in [-0.3, -0.25) is 0 Å². The molecule has 50 valence electrons. The maximum absolute atomic E-state index is 5.44. The largest absolute Gasteiger partial charge is 0.419 e. The smallest absolute Gasteiger partial charge is 0.170 e. The van der Waals surface area contributed by atoms with Crippen LogP contribution in [0.2, 0.25) is 13.1 Å². The molecule has 8 heavy (non-hydrogen) atoms. The third-order valence-electron chi connectivity index (χ3n) is 0.692. The van der Waals surface area contributed by atoms with Gasteiger partial charge in [0.15, 0.2) is 9.04 Å². The fraction of sp³-hybridized carbons (Fsp3) is 1.00. The summed E-state index contributed by atoms with van der Waals surface area (Å²) in [4.78, 5) is 0. The van der Waals surface area contributed by atoms with Gasteiger partial charge in [-0.2, -0.15) is 0 Å². The molecule has 0 spiro atoms. The topological polar surface area (TPSA) is 35.2 Å². The van der Waals surface area contributed by atoms with Gasteiger partial charge in [0, 0.05) is 12.6 Å². The highest BCUT2D eigenvalue weighted by atomic mass is 28.3. The van der Waals surface area contributed by atoms with Crippen LogP contribution in [0.1, 0.15) is 6.92 Å². The molecular weight excluding hydrogens is 118 g/mol. The molecule has 2 N–H and O–H groups in total. The van der Waals surface area contributed by atoms with Crippen molar-refractivity contribution in [3.63, 3.8) is 0 Å². The lowest BCUT2D eigenvalue weighted by molar-refractivity contribution is 0.303. The molecule has 0 heterocycles. The fourth-order valence-electron chi connectivity index (χ4n) is 0.344. The highest BCUT2D eigenvalue weighted by Gasteiger charge is 1.96. The van der Waals surface area contributed by atoms with E-state index in [-0.39, 0.29) is 6.04 Å². The minimum atomic E-state index is -0.807. The van der Waals surface area contributed by atoms with E-state index in [2.05, 4.69) is 13.1 Å². The Morgan fingerprint density at radius 3 is 2.25 bits per heavy atom. The van der Waals surface area contributed by atoms with Crippen LogP contribution in [0.3, 0.4) is 0 Å². The second-order valence-corrected chi connectivity index (χ2v) is 4.79. The minimum Gasteiger partial charge on any atom is -0.419 e. The lowest BCUT2D eigenvalue weighted by atomic mass is 10.4. The summed E-state index contributed by atoms with van der Waals surface area (Å²) >= 11 is 0. The monoisotopic (exact) mass is 133 g/mol. The van der Waals surface area contributed by atoms with Crippen molar-refractivity contribution in [2.24, 2.45) is 5.73 Å². The Balaban J connectivity index is 2.93. The van der Waals surface area contributed by atoms with Gasteiger partial charge < -0.3 is 10.2 Å². The van der Waals surface area contributed by atoms with Gasteiger partial charge in [-0.15, -0.1) is 0 Å². The molecular formula is C5H15NOSi. The van der Waals surface area contributed by atoms with Crippen LogP contribution in [-0.4, -0.2) is 21.7 Å². The summed E-state index contributed by atoms with van der Waals surface area (Å²) in [6.07, 6.45) is 0. The number of hydrogen-bond acceptors (Lipinski definition) is 2. The Hall–Kier alpha value is 0.137. The molecule has 0 fully saturated rings. The highest BCUT2D eigenvalue weighted by molar-refractivity contribution is 6.48. The van der Waals surface area contributed by atoms with E-state index in [4.69, 9.17) is 10.2 Å². The summed E-state index contributed by atoms with van der Waals surface area (Å²) in [5, 5.41) is 0. The first kappa shape index (κ1) is 8.14. The first-order valence-corrected chi connectivity index (χ1v) is 5.78. The molecule has 0 radical (unpaired) electrons. The summed E-state index contributed by atoms with van der Waals surface area (Å²) < 4.78 is 5.32. The Morgan fingerprint density at radius 1 is 1.62 bits per heavy atom. The predicted molar refractivity (Wildman–Crippen MR) is 38.5 cm³/mol. The molecule has 0 aromatic rings. The molecule has 0 rings (SSSR count). The molecule has 0 bridgehead atoms. The van der Waals surface area contributed by atoms with Crippen LogP contribution in [-0.2, 0) is 4.43 Å². The molecule has 0 aromatic heterocycles. The van der Waals surface area contributed by atoms with Gasteiger partial charge in [0.05, 0.1) is 0 Å². The fourth-order valence-corrected chi connectivity index (χ4v) is 1.03. The molecule has 0 aliphatic carbocycles. The third-order valence-corrected chi connectivity index (χ3v) is 1.55. The van der Waals surface area contributed by atoms with Crippen LogP contribution >= 0.6 is 0 Å². The van der Waals surface area contributed by atoms with Gasteiger partial charge in [0.1, 0.15) is 0 Å². The maximum Gasteiger partial charge on any atom is 0.170 e. The van der Waals surface area contributed by atoms with Crippen LogP contribution in [0.15, 0.2) is 0 Å². The van der Waals surface area contributed by atoms with Crippen LogP contribution < -0.4 is 5.73 Å². The molecule has 0 saturated heterocycles. The third kappa shape index (κ3) is 6.14. The van der Waals surface area contributed by atoms with E-state index in [1.165, 1.54) is 0 Å². The average molecular weight is 133 g/mol. The van der Waals surface area contributed by atoms with Crippen molar-refractivity contribution in [3.8, 4) is 0 Å². The van der Waals surface area contributed by atoms with Gasteiger partial charge >= 0.3 is 0 Å². The van der Waals surface area contributed by atoms with E-state index >= 15 is 0 Å². The first-order valence-electron chi connectivity index (χ1n) is 3.00. The predicted octanol–water partition coefficient (Wildman–Crippen LogP) is 0.334. The van der Waals surface area contributed by atoms with Crippen LogP contribution in [0.25, 0.3) is 0 Å². The van der Waals surface area contributed by atoms with Crippen molar-refractivity contribution in [2.45, 2.75) is 26.1 Å². The second-order valence-electron chi connectivity index (χ2n) is 2.36. The summed E-state index contributed by atoms with van der Waals surface area (Å²) in [7, 11) is -0.807. The van der Waals surface area contributed by atoms with E-state index in [0.717, 1.165) is 6.61 Å². The Morgan fingerprint density at radius 2 is 2.12 bits per heavy atom. The molecule has 2 nitrogen and oxygen atoms in total. The zero-order chi connectivity index (χ0) is 6.57. The van der Waals surface area contributed by atoms with Crippen LogP contribution in [0.4, 0.5) is 0 Å². The van der Waals surface area contributed by atoms with E-state index in [1.807, 2.05) is 6.92 Å². The van der Waals surface area contributed by atoms with Crippen molar-refractivity contribution < 1.29 is 4.43 Å². The maximum atomic E-state index is 5.44. The molecule has 1 unspecified atom stereocenters. The Labute approximate surface area is 52.8 Å². The summed E-state index contributed by atoms with van der Waals surface area (Å²) in [6.45, 7) is 6.96. The number of hydrogen-bond donors (Lipinski definition) is 1. The van der Waals surface area contributed by atoms with E-state index in [0.29, 0.717) is 0 Å². The van der Waals surface area contributed by atoms with Crippen molar-refractivity contribution in [2.75, 3.05) is 6.61 Å².